The van der Waals surface area contributed by atoms with Gasteiger partial charge in [0.15, 0.2) is 0 Å². The highest BCUT2D eigenvalue weighted by Gasteiger charge is 2.35. The lowest BCUT2D eigenvalue weighted by Gasteiger charge is -2.27. The summed E-state index contributed by atoms with van der Waals surface area (Å²) < 4.78 is 1.87. The van der Waals surface area contributed by atoms with E-state index in [-0.39, 0.29) is 0 Å². The van der Waals surface area contributed by atoms with Crippen LogP contribution in [0.1, 0.15) is 51.6 Å². The molecule has 1 aliphatic rings. The Hall–Kier alpha value is -0.940. The molecule has 1 aromatic heterocycles. The van der Waals surface area contributed by atoms with Crippen molar-refractivity contribution in [2.45, 2.75) is 58.1 Å². The van der Waals surface area contributed by atoms with Crippen LogP contribution in [0.5, 0.6) is 0 Å². The molecule has 1 aliphatic heterocycles. The first kappa shape index (κ1) is 14.5. The summed E-state index contributed by atoms with van der Waals surface area (Å²) in [5, 5.41) is 19.1. The summed E-state index contributed by atoms with van der Waals surface area (Å²) in [4.78, 5) is 2.45. The average molecular weight is 266 g/mol. The Morgan fingerprint density at radius 3 is 2.74 bits per heavy atom. The summed E-state index contributed by atoms with van der Waals surface area (Å²) in [6, 6.07) is 0. The second-order valence-corrected chi connectivity index (χ2v) is 5.57. The van der Waals surface area contributed by atoms with Crippen LogP contribution in [0.15, 0.2) is 6.20 Å². The van der Waals surface area contributed by atoms with Crippen LogP contribution in [-0.2, 0) is 12.1 Å². The van der Waals surface area contributed by atoms with Crippen molar-refractivity contribution in [3.63, 3.8) is 0 Å². The molecule has 2 heterocycles. The van der Waals surface area contributed by atoms with Gasteiger partial charge in [0.25, 0.3) is 0 Å². The second kappa shape index (κ2) is 6.48. The molecule has 1 N–H and O–H groups in total. The van der Waals surface area contributed by atoms with Crippen molar-refractivity contribution >= 4 is 0 Å². The van der Waals surface area contributed by atoms with E-state index >= 15 is 0 Å². The van der Waals surface area contributed by atoms with E-state index in [0.29, 0.717) is 0 Å². The highest BCUT2D eigenvalue weighted by atomic mass is 16.3. The third kappa shape index (κ3) is 3.34. The average Bonchev–Trinajstić information content (AvgIpc) is 2.77. The minimum absolute atomic E-state index is 0.749. The highest BCUT2D eigenvalue weighted by Crippen LogP contribution is 2.32. The van der Waals surface area contributed by atoms with E-state index in [1.807, 2.05) is 4.68 Å². The zero-order chi connectivity index (χ0) is 13.7. The van der Waals surface area contributed by atoms with Gasteiger partial charge in [-0.15, -0.1) is 5.10 Å². The first-order chi connectivity index (χ1) is 9.19. The molecule has 0 radical (unpaired) electrons. The van der Waals surface area contributed by atoms with Gasteiger partial charge in [-0.3, -0.25) is 0 Å². The third-order valence-corrected chi connectivity index (χ3v) is 3.98. The lowest BCUT2D eigenvalue weighted by atomic mass is 9.91. The molecule has 0 amide bonds. The number of aliphatic hydroxyl groups is 1. The number of rotatable bonds is 5. The first-order valence-electron chi connectivity index (χ1n) is 7.53. The molecule has 0 aromatic carbocycles. The minimum Gasteiger partial charge on any atom is -0.383 e. The fourth-order valence-corrected chi connectivity index (χ4v) is 2.97. The first-order valence-corrected chi connectivity index (χ1v) is 7.53. The third-order valence-electron chi connectivity index (χ3n) is 3.98. The van der Waals surface area contributed by atoms with E-state index in [2.05, 4.69) is 29.1 Å². The number of nitrogens with zero attached hydrogens (tertiary/aromatic N) is 4. The molecule has 108 valence electrons. The van der Waals surface area contributed by atoms with Crippen LogP contribution in [0.25, 0.3) is 0 Å². The Morgan fingerprint density at radius 2 is 2.00 bits per heavy atom. The molecular weight excluding hydrogens is 240 g/mol. The Labute approximate surface area is 115 Å². The lowest BCUT2D eigenvalue weighted by Crippen LogP contribution is -2.31. The smallest absolute Gasteiger partial charge is 0.109 e. The molecule has 0 bridgehead atoms. The van der Waals surface area contributed by atoms with Gasteiger partial charge in [-0.05, 0) is 45.2 Å². The maximum atomic E-state index is 11.0. The summed E-state index contributed by atoms with van der Waals surface area (Å²) >= 11 is 0. The number of hydrogen-bond donors (Lipinski definition) is 1. The van der Waals surface area contributed by atoms with Crippen molar-refractivity contribution in [3.8, 4) is 0 Å². The summed E-state index contributed by atoms with van der Waals surface area (Å²) in [5.74, 6) is 0. The van der Waals surface area contributed by atoms with Gasteiger partial charge in [-0.2, -0.15) is 0 Å². The minimum atomic E-state index is -0.749. The van der Waals surface area contributed by atoms with E-state index < -0.39 is 5.60 Å². The molecule has 5 nitrogen and oxygen atoms in total. The van der Waals surface area contributed by atoms with E-state index in [1.165, 1.54) is 6.42 Å². The van der Waals surface area contributed by atoms with Crippen molar-refractivity contribution < 1.29 is 5.11 Å². The van der Waals surface area contributed by atoms with Crippen molar-refractivity contribution in [2.75, 3.05) is 19.6 Å². The van der Waals surface area contributed by atoms with Crippen molar-refractivity contribution in [2.24, 2.45) is 0 Å². The van der Waals surface area contributed by atoms with Crippen molar-refractivity contribution in [1.29, 1.82) is 0 Å². The van der Waals surface area contributed by atoms with E-state index in [0.717, 1.165) is 57.6 Å². The zero-order valence-corrected chi connectivity index (χ0v) is 12.2. The van der Waals surface area contributed by atoms with Gasteiger partial charge in [0.05, 0.1) is 11.9 Å². The van der Waals surface area contributed by atoms with Crippen LogP contribution < -0.4 is 0 Å². The Balaban J connectivity index is 2.11. The SMILES string of the molecule is CCCN1CCCC(O)(c2cnnn2CCC)CC1. The van der Waals surface area contributed by atoms with Crippen LogP contribution in [-0.4, -0.2) is 44.6 Å². The van der Waals surface area contributed by atoms with Gasteiger partial charge in [-0.1, -0.05) is 19.1 Å². The molecular formula is C14H26N4O. The maximum Gasteiger partial charge on any atom is 0.109 e. The fourth-order valence-electron chi connectivity index (χ4n) is 2.97. The van der Waals surface area contributed by atoms with Crippen LogP contribution in [0.4, 0.5) is 0 Å². The second-order valence-electron chi connectivity index (χ2n) is 5.57. The van der Waals surface area contributed by atoms with Crippen molar-refractivity contribution in [3.05, 3.63) is 11.9 Å². The van der Waals surface area contributed by atoms with Gasteiger partial charge in [-0.25, -0.2) is 4.68 Å². The fraction of sp³-hybridized carbons (Fsp3) is 0.857. The molecule has 1 saturated heterocycles. The lowest BCUT2D eigenvalue weighted by molar-refractivity contribution is 0.0123. The predicted octanol–water partition coefficient (Wildman–Crippen LogP) is 1.77. The van der Waals surface area contributed by atoms with Gasteiger partial charge in [0.1, 0.15) is 5.60 Å². The normalized spacial score (nSPS) is 25.4. The molecule has 2 rings (SSSR count). The molecule has 1 aromatic rings. The maximum absolute atomic E-state index is 11.0. The summed E-state index contributed by atoms with van der Waals surface area (Å²) in [6.45, 7) is 8.33. The molecule has 0 aliphatic carbocycles. The van der Waals surface area contributed by atoms with Gasteiger partial charge in [0.2, 0.25) is 0 Å². The quantitative estimate of drug-likeness (QED) is 0.882. The summed E-state index contributed by atoms with van der Waals surface area (Å²) in [5.41, 5.74) is 0.147. The Kier molecular flexibility index (Phi) is 4.93. The standard InChI is InChI=1S/C14H26N4O/c1-3-8-17-10-5-6-14(19,7-11-17)13-12-15-16-18(13)9-4-2/h12,19H,3-11H2,1-2H3. The zero-order valence-electron chi connectivity index (χ0n) is 12.2. The van der Waals surface area contributed by atoms with Crippen LogP contribution in [0.3, 0.4) is 0 Å². The number of aromatic nitrogens is 3. The Morgan fingerprint density at radius 1 is 1.21 bits per heavy atom. The summed E-state index contributed by atoms with van der Waals surface area (Å²) in [6.07, 6.45) is 6.55. The van der Waals surface area contributed by atoms with Crippen LogP contribution >= 0.6 is 0 Å². The monoisotopic (exact) mass is 266 g/mol. The molecule has 1 atom stereocenters. The van der Waals surface area contributed by atoms with Gasteiger partial charge < -0.3 is 10.0 Å². The van der Waals surface area contributed by atoms with Crippen molar-refractivity contribution in [1.82, 2.24) is 19.9 Å². The van der Waals surface area contributed by atoms with E-state index in [1.54, 1.807) is 6.20 Å². The number of likely N-dealkylation sites (tertiary alicyclic amines) is 1. The van der Waals surface area contributed by atoms with Crippen LogP contribution in [0, 0.1) is 0 Å². The predicted molar refractivity (Wildman–Crippen MR) is 74.8 cm³/mol. The molecule has 19 heavy (non-hydrogen) atoms. The number of hydrogen-bond acceptors (Lipinski definition) is 4. The molecule has 5 heteroatoms. The Bertz CT molecular complexity index is 393. The van der Waals surface area contributed by atoms with E-state index in [9.17, 15) is 5.11 Å². The van der Waals surface area contributed by atoms with Crippen LogP contribution in [0.2, 0.25) is 0 Å². The topological polar surface area (TPSA) is 54.2 Å². The molecule has 1 unspecified atom stereocenters. The molecule has 1 fully saturated rings. The summed E-state index contributed by atoms with van der Waals surface area (Å²) in [7, 11) is 0. The number of aryl methyl sites for hydroxylation is 1. The largest absolute Gasteiger partial charge is 0.383 e. The van der Waals surface area contributed by atoms with Gasteiger partial charge in [0, 0.05) is 13.1 Å². The highest BCUT2D eigenvalue weighted by molar-refractivity contribution is 5.09. The molecule has 0 saturated carbocycles. The van der Waals surface area contributed by atoms with E-state index in [4.69, 9.17) is 0 Å². The van der Waals surface area contributed by atoms with Gasteiger partial charge >= 0.3 is 0 Å². The molecule has 0 spiro atoms.